The Hall–Kier alpha value is -1.06. The maximum atomic E-state index is 11.5. The summed E-state index contributed by atoms with van der Waals surface area (Å²) in [5.74, 6) is 0.170. The second-order valence-electron chi connectivity index (χ2n) is 3.79. The molecule has 0 aromatic rings. The molecule has 0 radical (unpaired) electrons. The van der Waals surface area contributed by atoms with Crippen molar-refractivity contribution in [1.29, 1.82) is 0 Å². The molecule has 13 heavy (non-hydrogen) atoms. The van der Waals surface area contributed by atoms with Gasteiger partial charge in [0.05, 0.1) is 6.54 Å². The van der Waals surface area contributed by atoms with Crippen LogP contribution in [-0.2, 0) is 4.79 Å². The van der Waals surface area contributed by atoms with E-state index in [4.69, 9.17) is 0 Å². The molecule has 1 aliphatic carbocycles. The summed E-state index contributed by atoms with van der Waals surface area (Å²) in [5.41, 5.74) is 0. The summed E-state index contributed by atoms with van der Waals surface area (Å²) in [5, 5.41) is 2.91. The van der Waals surface area contributed by atoms with E-state index in [1.807, 2.05) is 0 Å². The predicted octanol–water partition coefficient (Wildman–Crippen LogP) is 0.523. The molecule has 4 nitrogen and oxygen atoms in total. The Morgan fingerprint density at radius 3 is 2.69 bits per heavy atom. The summed E-state index contributed by atoms with van der Waals surface area (Å²) in [6, 6.07) is 0.304. The Kier molecular flexibility index (Phi) is 2.20. The lowest BCUT2D eigenvalue weighted by atomic mass is 9.93. The molecule has 0 unspecified atom stereocenters. The van der Waals surface area contributed by atoms with Crippen molar-refractivity contribution in [1.82, 2.24) is 10.2 Å². The van der Waals surface area contributed by atoms with E-state index in [0.717, 1.165) is 12.8 Å². The zero-order valence-corrected chi connectivity index (χ0v) is 7.58. The first kappa shape index (κ1) is 8.53. The number of urea groups is 1. The van der Waals surface area contributed by atoms with Crippen LogP contribution in [0, 0.1) is 0 Å². The van der Waals surface area contributed by atoms with Crippen molar-refractivity contribution in [3.63, 3.8) is 0 Å². The number of rotatable bonds is 1. The summed E-state index contributed by atoms with van der Waals surface area (Å²) in [6.07, 6.45) is 3.92. The van der Waals surface area contributed by atoms with Crippen LogP contribution in [0.4, 0.5) is 4.79 Å². The maximum Gasteiger partial charge on any atom is 0.318 e. The summed E-state index contributed by atoms with van der Waals surface area (Å²) < 4.78 is 0. The third-order valence-electron chi connectivity index (χ3n) is 2.75. The lowest BCUT2D eigenvalue weighted by Gasteiger charge is -2.28. The van der Waals surface area contributed by atoms with E-state index in [-0.39, 0.29) is 11.8 Å². The Balaban J connectivity index is 1.79. The fourth-order valence-corrected chi connectivity index (χ4v) is 1.62. The Labute approximate surface area is 77.3 Å². The Morgan fingerprint density at radius 2 is 2.23 bits per heavy atom. The molecule has 2 aliphatic rings. The van der Waals surface area contributed by atoms with Gasteiger partial charge >= 0.3 is 6.03 Å². The van der Waals surface area contributed by atoms with Crippen LogP contribution in [0.3, 0.4) is 0 Å². The highest BCUT2D eigenvalue weighted by Crippen LogP contribution is 2.18. The molecule has 1 N–H and O–H groups in total. The van der Waals surface area contributed by atoms with Crippen molar-refractivity contribution in [3.8, 4) is 0 Å². The molecule has 1 aliphatic heterocycles. The van der Waals surface area contributed by atoms with Crippen molar-refractivity contribution >= 4 is 11.8 Å². The smallest absolute Gasteiger partial charge is 0.318 e. The van der Waals surface area contributed by atoms with Crippen LogP contribution in [0.5, 0.6) is 0 Å². The Bertz CT molecular complexity index is 236. The standard InChI is InChI=1S/C9H14N2O2/c12-8-4-5-11(6-8)9(13)10-7-2-1-3-7/h7H,1-6H2,(H,10,13). The van der Waals surface area contributed by atoms with Crippen molar-refractivity contribution in [2.24, 2.45) is 0 Å². The number of Topliss-reactive ketones (excluding diaryl/α,β-unsaturated/α-hetero) is 1. The van der Waals surface area contributed by atoms with E-state index in [1.165, 1.54) is 6.42 Å². The minimum Gasteiger partial charge on any atom is -0.335 e. The van der Waals surface area contributed by atoms with Crippen LogP contribution in [0.2, 0.25) is 0 Å². The first-order chi connectivity index (χ1) is 6.25. The van der Waals surface area contributed by atoms with Gasteiger partial charge in [-0.3, -0.25) is 4.79 Å². The van der Waals surface area contributed by atoms with Gasteiger partial charge in [0.15, 0.2) is 5.78 Å². The number of carbonyl (C=O) groups excluding carboxylic acids is 2. The van der Waals surface area contributed by atoms with E-state index in [9.17, 15) is 9.59 Å². The highest BCUT2D eigenvalue weighted by atomic mass is 16.2. The lowest BCUT2D eigenvalue weighted by Crippen LogP contribution is -2.46. The largest absolute Gasteiger partial charge is 0.335 e. The first-order valence-electron chi connectivity index (χ1n) is 4.83. The first-order valence-corrected chi connectivity index (χ1v) is 4.83. The SMILES string of the molecule is O=C1CCN(C(=O)NC2CCC2)C1. The topological polar surface area (TPSA) is 49.4 Å². The van der Waals surface area contributed by atoms with Gasteiger partial charge in [-0.1, -0.05) is 0 Å². The number of hydrogen-bond acceptors (Lipinski definition) is 2. The number of ketones is 1. The number of likely N-dealkylation sites (tertiary alicyclic amines) is 1. The van der Waals surface area contributed by atoms with E-state index in [2.05, 4.69) is 5.32 Å². The summed E-state index contributed by atoms with van der Waals surface area (Å²) >= 11 is 0. The van der Waals surface area contributed by atoms with Crippen LogP contribution in [0.25, 0.3) is 0 Å². The zero-order chi connectivity index (χ0) is 9.26. The average Bonchev–Trinajstić information content (AvgIpc) is 2.44. The van der Waals surface area contributed by atoms with Crippen molar-refractivity contribution in [2.45, 2.75) is 31.7 Å². The van der Waals surface area contributed by atoms with Gasteiger partial charge in [0.25, 0.3) is 0 Å². The summed E-state index contributed by atoms with van der Waals surface area (Å²) in [6.45, 7) is 0.899. The molecular weight excluding hydrogens is 168 g/mol. The summed E-state index contributed by atoms with van der Waals surface area (Å²) in [7, 11) is 0. The highest BCUT2D eigenvalue weighted by molar-refractivity contribution is 5.88. The monoisotopic (exact) mass is 182 g/mol. The van der Waals surface area contributed by atoms with Gasteiger partial charge in [-0.15, -0.1) is 0 Å². The minimum atomic E-state index is -0.0597. The van der Waals surface area contributed by atoms with Crippen LogP contribution in [0.15, 0.2) is 0 Å². The molecule has 0 spiro atoms. The predicted molar refractivity (Wildman–Crippen MR) is 47.4 cm³/mol. The maximum absolute atomic E-state index is 11.5. The van der Waals surface area contributed by atoms with E-state index in [0.29, 0.717) is 25.6 Å². The molecule has 0 bridgehead atoms. The number of amides is 2. The molecule has 2 fully saturated rings. The molecule has 72 valence electrons. The second kappa shape index (κ2) is 3.36. The average molecular weight is 182 g/mol. The van der Waals surface area contributed by atoms with Crippen molar-refractivity contribution in [3.05, 3.63) is 0 Å². The molecule has 4 heteroatoms. The lowest BCUT2D eigenvalue weighted by molar-refractivity contribution is -0.116. The van der Waals surface area contributed by atoms with Gasteiger partial charge in [-0.2, -0.15) is 0 Å². The second-order valence-corrected chi connectivity index (χ2v) is 3.79. The quantitative estimate of drug-likeness (QED) is 0.642. The van der Waals surface area contributed by atoms with Gasteiger partial charge in [0.2, 0.25) is 0 Å². The third-order valence-corrected chi connectivity index (χ3v) is 2.75. The number of carbonyl (C=O) groups is 2. The van der Waals surface area contributed by atoms with Crippen LogP contribution in [-0.4, -0.2) is 35.8 Å². The van der Waals surface area contributed by atoms with E-state index < -0.39 is 0 Å². The molecule has 0 aromatic carbocycles. The minimum absolute atomic E-state index is 0.0597. The van der Waals surface area contributed by atoms with E-state index >= 15 is 0 Å². The molecule has 0 aromatic heterocycles. The number of nitrogens with zero attached hydrogens (tertiary/aromatic N) is 1. The fraction of sp³-hybridized carbons (Fsp3) is 0.778. The molecule has 1 saturated carbocycles. The van der Waals surface area contributed by atoms with E-state index in [1.54, 1.807) is 4.90 Å². The zero-order valence-electron chi connectivity index (χ0n) is 7.58. The number of nitrogens with one attached hydrogen (secondary N) is 1. The van der Waals surface area contributed by atoms with Crippen molar-refractivity contribution in [2.75, 3.05) is 13.1 Å². The molecule has 0 atom stereocenters. The van der Waals surface area contributed by atoms with Crippen LogP contribution >= 0.6 is 0 Å². The van der Waals surface area contributed by atoms with Gasteiger partial charge in [-0.05, 0) is 19.3 Å². The molecule has 1 heterocycles. The van der Waals surface area contributed by atoms with Crippen molar-refractivity contribution < 1.29 is 9.59 Å². The molecule has 1 saturated heterocycles. The van der Waals surface area contributed by atoms with Crippen LogP contribution < -0.4 is 5.32 Å². The van der Waals surface area contributed by atoms with Crippen LogP contribution in [0.1, 0.15) is 25.7 Å². The van der Waals surface area contributed by atoms with Gasteiger partial charge in [0, 0.05) is 19.0 Å². The third kappa shape index (κ3) is 1.82. The highest BCUT2D eigenvalue weighted by Gasteiger charge is 2.27. The molecule has 2 rings (SSSR count). The van der Waals surface area contributed by atoms with Gasteiger partial charge in [0.1, 0.15) is 0 Å². The molecular formula is C9H14N2O2. The van der Waals surface area contributed by atoms with Gasteiger partial charge in [-0.25, -0.2) is 4.79 Å². The summed E-state index contributed by atoms with van der Waals surface area (Å²) in [4.78, 5) is 24.0. The normalized spacial score (nSPS) is 23.1. The number of hydrogen-bond donors (Lipinski definition) is 1. The Morgan fingerprint density at radius 1 is 1.46 bits per heavy atom. The fourth-order valence-electron chi connectivity index (χ4n) is 1.62. The molecule has 2 amide bonds. The van der Waals surface area contributed by atoms with Gasteiger partial charge < -0.3 is 10.2 Å².